The van der Waals surface area contributed by atoms with Crippen LogP contribution in [0.2, 0.25) is 0 Å². The fourth-order valence-corrected chi connectivity index (χ4v) is 8.60. The van der Waals surface area contributed by atoms with Crippen LogP contribution in [0.1, 0.15) is 30.5 Å². The lowest BCUT2D eigenvalue weighted by Crippen LogP contribution is -2.42. The van der Waals surface area contributed by atoms with E-state index >= 15 is 0 Å². The molecule has 3 heterocycles. The van der Waals surface area contributed by atoms with Gasteiger partial charge in [-0.2, -0.15) is 0 Å². The summed E-state index contributed by atoms with van der Waals surface area (Å²) in [5.41, 5.74) is 14.1. The highest BCUT2D eigenvalue weighted by Gasteiger charge is 2.37. The van der Waals surface area contributed by atoms with Gasteiger partial charge in [-0.15, -0.1) is 0 Å². The maximum absolute atomic E-state index is 6.41. The summed E-state index contributed by atoms with van der Waals surface area (Å²) in [7, 11) is 2.34. The highest BCUT2D eigenvalue weighted by Crippen LogP contribution is 2.53. The fraction of sp³-hybridized carbons (Fsp3) is 0.100. The van der Waals surface area contributed by atoms with E-state index in [4.69, 9.17) is 4.74 Å². The van der Waals surface area contributed by atoms with E-state index in [1.54, 1.807) is 0 Å². The van der Waals surface area contributed by atoms with Crippen molar-refractivity contribution in [2.75, 3.05) is 10.2 Å². The van der Waals surface area contributed by atoms with Gasteiger partial charge in [0.15, 0.2) is 18.8 Å². The molecule has 0 fully saturated rings. The Labute approximate surface area is 269 Å². The van der Waals surface area contributed by atoms with E-state index in [1.165, 1.54) is 48.8 Å². The van der Waals surface area contributed by atoms with Crippen molar-refractivity contribution in [3.05, 3.63) is 138 Å². The second kappa shape index (κ2) is 9.82. The molecular weight excluding hydrogens is 567 g/mol. The first-order valence-corrected chi connectivity index (χ1v) is 16.2. The molecule has 3 nitrogen and oxygen atoms in total. The summed E-state index contributed by atoms with van der Waals surface area (Å²) < 4.78 is 6.41. The van der Waals surface area contributed by atoms with Gasteiger partial charge in [-0.25, -0.2) is 0 Å². The molecule has 0 saturated heterocycles. The number of anilines is 5. The summed E-state index contributed by atoms with van der Waals surface area (Å²) in [6, 6.07) is 43.5. The maximum atomic E-state index is 6.41. The molecule has 1 radical (unpaired) electrons. The number of ether oxygens (including phenoxy) is 1. The molecule has 45 heavy (non-hydrogen) atoms. The zero-order valence-electron chi connectivity index (χ0n) is 25.4. The normalized spacial score (nSPS) is 14.5. The van der Waals surface area contributed by atoms with Gasteiger partial charge in [0.1, 0.15) is 0 Å². The van der Waals surface area contributed by atoms with Gasteiger partial charge >= 0.3 is 0 Å². The van der Waals surface area contributed by atoms with Gasteiger partial charge in [-0.3, -0.25) is 0 Å². The Morgan fingerprint density at radius 2 is 1.47 bits per heavy atom. The zero-order chi connectivity index (χ0) is 30.3. The molecule has 3 aliphatic rings. The summed E-state index contributed by atoms with van der Waals surface area (Å²) >= 11 is 1.87. The van der Waals surface area contributed by atoms with Crippen molar-refractivity contribution in [1.29, 1.82) is 0 Å². The van der Waals surface area contributed by atoms with Gasteiger partial charge < -0.3 is 15.0 Å². The van der Waals surface area contributed by atoms with Crippen LogP contribution in [0, 0.1) is 6.92 Å². The molecule has 0 unspecified atom stereocenters. The molecular formula is C40H30BN2OS. The lowest BCUT2D eigenvalue weighted by molar-refractivity contribution is 0.477. The van der Waals surface area contributed by atoms with E-state index in [1.807, 2.05) is 17.8 Å². The lowest BCUT2D eigenvalue weighted by atomic mass is 9.57. The molecule has 0 bridgehead atoms. The standard InChI is InChI=1S/C40H30BN2OS/c1-24-20-27(38-33(21-24)43-32-16-8-9-17-34(32)44-35-18-11-15-30(41-38)39(35)43)26-22-29-37(23-31(26)42-25-12-5-4-6-13-25)45-36-19-10-7-14-28(36)40(29,2)3/h4-23,42H,1-3H3. The smallest absolute Gasteiger partial charge is 0.198 e. The van der Waals surface area contributed by atoms with Crippen LogP contribution in [0.4, 0.5) is 28.4 Å². The number of rotatable bonds is 3. The van der Waals surface area contributed by atoms with Gasteiger partial charge in [0.05, 0.1) is 11.4 Å². The summed E-state index contributed by atoms with van der Waals surface area (Å²) in [5, 5.41) is 3.82. The van der Waals surface area contributed by atoms with Crippen molar-refractivity contribution < 1.29 is 4.74 Å². The van der Waals surface area contributed by atoms with Crippen molar-refractivity contribution in [3.8, 4) is 22.6 Å². The number of nitrogens with one attached hydrogen (secondary N) is 1. The van der Waals surface area contributed by atoms with E-state index in [0.717, 1.165) is 39.7 Å². The second-order valence-electron chi connectivity index (χ2n) is 12.6. The first-order chi connectivity index (χ1) is 22.0. The first-order valence-electron chi connectivity index (χ1n) is 15.4. The van der Waals surface area contributed by atoms with Crippen LogP contribution in [0.3, 0.4) is 0 Å². The average Bonchev–Trinajstić information content (AvgIpc) is 3.05. The Hall–Kier alpha value is -4.87. The number of benzene rings is 6. The number of para-hydroxylation sites is 4. The second-order valence-corrected chi connectivity index (χ2v) is 13.7. The summed E-state index contributed by atoms with van der Waals surface area (Å²) in [5.74, 6) is 1.75. The predicted octanol–water partition coefficient (Wildman–Crippen LogP) is 9.74. The maximum Gasteiger partial charge on any atom is 0.198 e. The highest BCUT2D eigenvalue weighted by molar-refractivity contribution is 7.99. The monoisotopic (exact) mass is 597 g/mol. The van der Waals surface area contributed by atoms with Crippen molar-refractivity contribution in [2.45, 2.75) is 36.0 Å². The van der Waals surface area contributed by atoms with Crippen molar-refractivity contribution in [1.82, 2.24) is 0 Å². The average molecular weight is 598 g/mol. The Balaban J connectivity index is 1.30. The third-order valence-corrected chi connectivity index (χ3v) is 10.5. The fourth-order valence-electron chi connectivity index (χ4n) is 7.18. The summed E-state index contributed by atoms with van der Waals surface area (Å²) in [4.78, 5) is 5.02. The van der Waals surface area contributed by atoms with Gasteiger partial charge in [-0.1, -0.05) is 97.8 Å². The summed E-state index contributed by atoms with van der Waals surface area (Å²) in [6.07, 6.45) is 0. The molecule has 9 rings (SSSR count). The Bertz CT molecular complexity index is 2170. The SMILES string of the molecule is Cc1cc(-c2cc3c(cc2Nc2ccccc2)Sc2ccccc2C3(C)C)c2c(c1)N1c3ccccc3Oc3cccc(c31)[B]2. The van der Waals surface area contributed by atoms with Crippen molar-refractivity contribution >= 4 is 58.4 Å². The minimum absolute atomic E-state index is 0.143. The van der Waals surface area contributed by atoms with Crippen LogP contribution in [0.15, 0.2) is 131 Å². The Kier molecular flexibility index (Phi) is 5.79. The molecule has 215 valence electrons. The molecule has 6 aromatic rings. The van der Waals surface area contributed by atoms with E-state index in [0.29, 0.717) is 0 Å². The minimum Gasteiger partial charge on any atom is -0.453 e. The molecule has 0 aliphatic carbocycles. The lowest BCUT2D eigenvalue weighted by Gasteiger charge is -2.40. The van der Waals surface area contributed by atoms with Crippen LogP contribution in [0.25, 0.3) is 11.1 Å². The number of aryl methyl sites for hydroxylation is 1. The third-order valence-electron chi connectivity index (χ3n) is 9.34. The molecule has 3 aliphatic heterocycles. The minimum atomic E-state index is -0.143. The number of fused-ring (bicyclic) bond motifs is 6. The first kappa shape index (κ1) is 26.5. The zero-order valence-corrected chi connectivity index (χ0v) is 26.2. The van der Waals surface area contributed by atoms with E-state index in [9.17, 15) is 0 Å². The van der Waals surface area contributed by atoms with Crippen LogP contribution in [0.5, 0.6) is 11.5 Å². The number of hydrogen-bond donors (Lipinski definition) is 1. The largest absolute Gasteiger partial charge is 0.453 e. The van der Waals surface area contributed by atoms with Gasteiger partial charge in [-0.05, 0) is 89.2 Å². The molecule has 0 amide bonds. The van der Waals surface area contributed by atoms with Crippen molar-refractivity contribution in [3.63, 3.8) is 0 Å². The molecule has 6 aromatic carbocycles. The molecule has 0 spiro atoms. The van der Waals surface area contributed by atoms with Crippen LogP contribution in [-0.4, -0.2) is 7.28 Å². The summed E-state index contributed by atoms with van der Waals surface area (Å²) in [6.45, 7) is 6.92. The number of hydrogen-bond acceptors (Lipinski definition) is 4. The van der Waals surface area contributed by atoms with E-state index < -0.39 is 0 Å². The Morgan fingerprint density at radius 1 is 0.689 bits per heavy atom. The molecule has 0 atom stereocenters. The molecule has 1 N–H and O–H groups in total. The van der Waals surface area contributed by atoms with Crippen LogP contribution < -0.4 is 25.9 Å². The molecule has 0 saturated carbocycles. The highest BCUT2D eigenvalue weighted by atomic mass is 32.2. The topological polar surface area (TPSA) is 24.5 Å². The number of nitrogens with zero attached hydrogens (tertiary/aromatic N) is 1. The van der Waals surface area contributed by atoms with Gasteiger partial charge in [0.25, 0.3) is 0 Å². The van der Waals surface area contributed by atoms with Crippen molar-refractivity contribution in [2.24, 2.45) is 0 Å². The Morgan fingerprint density at radius 3 is 2.36 bits per heavy atom. The quantitative estimate of drug-likeness (QED) is 0.205. The van der Waals surface area contributed by atoms with Gasteiger partial charge in [0.2, 0.25) is 0 Å². The van der Waals surface area contributed by atoms with Crippen LogP contribution in [-0.2, 0) is 5.41 Å². The predicted molar refractivity (Wildman–Crippen MR) is 189 cm³/mol. The van der Waals surface area contributed by atoms with E-state index in [-0.39, 0.29) is 5.41 Å². The third kappa shape index (κ3) is 4.07. The van der Waals surface area contributed by atoms with E-state index in [2.05, 4.69) is 154 Å². The van der Waals surface area contributed by atoms with Gasteiger partial charge in [0, 0.05) is 37.8 Å². The van der Waals surface area contributed by atoms with Crippen LogP contribution >= 0.6 is 11.8 Å². The molecule has 0 aromatic heterocycles. The molecule has 5 heteroatoms.